The van der Waals surface area contributed by atoms with Crippen LogP contribution >= 0.6 is 47.8 Å². The van der Waals surface area contributed by atoms with Gasteiger partial charge in [0, 0.05) is 63.1 Å². The van der Waals surface area contributed by atoms with Crippen LogP contribution in [0.2, 0.25) is 0 Å². The highest BCUT2D eigenvalue weighted by molar-refractivity contribution is 9.11. The van der Waals surface area contributed by atoms with Crippen LogP contribution in [0.1, 0.15) is 102 Å². The van der Waals surface area contributed by atoms with Crippen molar-refractivity contribution >= 4 is 97.6 Å². The summed E-state index contributed by atoms with van der Waals surface area (Å²) in [5.41, 5.74) is 12.0. The summed E-state index contributed by atoms with van der Waals surface area (Å²) in [4.78, 5) is 2.59. The number of unbranched alkanes of at least 4 members (excludes halogenated alkanes) is 4. The number of rotatable bonds is 13. The van der Waals surface area contributed by atoms with Crippen molar-refractivity contribution in [3.8, 4) is 5.75 Å². The van der Waals surface area contributed by atoms with Gasteiger partial charge in [0.1, 0.15) is 12.3 Å². The van der Waals surface area contributed by atoms with E-state index in [0.717, 1.165) is 73.1 Å². The summed E-state index contributed by atoms with van der Waals surface area (Å²) in [6.07, 6.45) is 16.5. The molecule has 0 amide bonds. The molecule has 0 atom stereocenters. The van der Waals surface area contributed by atoms with Crippen molar-refractivity contribution in [3.63, 3.8) is 0 Å². The number of nitrogens with zero attached hydrogens (tertiary/aromatic N) is 2. The van der Waals surface area contributed by atoms with Gasteiger partial charge in [-0.25, -0.2) is 0 Å². The standard InChI is InChI=1S/C57H56Br3N2O/c1-7-9-17-33-61-48-29-25-37-19-11-13-21-40(37)52(48)56(3,4)50(61)31-27-44-42-23-15-16-24-43(42)45(54(44)63-55-46(59)35-39(58)36-47(55)60)28-32-51-57(5,6)53-41-22-14-12-20-38(41)26-30-49(53)62(51)34-18-10-8-2/h11-16,19-32,35-36H,7-10,17-18,33-34H2,1-6H3/q+1. The van der Waals surface area contributed by atoms with E-state index in [1.165, 1.54) is 81.1 Å². The van der Waals surface area contributed by atoms with Gasteiger partial charge >= 0.3 is 0 Å². The molecule has 0 saturated heterocycles. The second kappa shape index (κ2) is 17.8. The minimum absolute atomic E-state index is 0.228. The lowest BCUT2D eigenvalue weighted by Gasteiger charge is -2.27. The molecule has 63 heavy (non-hydrogen) atoms. The van der Waals surface area contributed by atoms with Crippen LogP contribution in [0.5, 0.6) is 5.75 Å². The number of hydrogen-bond acceptors (Lipinski definition) is 2. The smallest absolute Gasteiger partial charge is 0.210 e. The Bertz CT molecular complexity index is 2920. The van der Waals surface area contributed by atoms with Gasteiger partial charge in [-0.2, -0.15) is 4.58 Å². The zero-order valence-electron chi connectivity index (χ0n) is 37.3. The Balaban J connectivity index is 1.24. The first-order valence-corrected chi connectivity index (χ1v) is 25.1. The normalized spacial score (nSPS) is 17.6. The maximum atomic E-state index is 7.27. The lowest BCUT2D eigenvalue weighted by molar-refractivity contribution is -0.438. The highest BCUT2D eigenvalue weighted by Gasteiger charge is 2.46. The number of fused-ring (bicyclic) bond motifs is 7. The van der Waals surface area contributed by atoms with Crippen molar-refractivity contribution in [2.24, 2.45) is 0 Å². The molecule has 0 fully saturated rings. The minimum atomic E-state index is -0.228. The van der Waals surface area contributed by atoms with E-state index in [9.17, 15) is 0 Å². The maximum Gasteiger partial charge on any atom is 0.210 e. The Morgan fingerprint density at radius 2 is 1.25 bits per heavy atom. The molecule has 0 spiro atoms. The van der Waals surface area contributed by atoms with Gasteiger partial charge in [0.05, 0.1) is 14.4 Å². The Kier molecular flexibility index (Phi) is 12.4. The lowest BCUT2D eigenvalue weighted by Crippen LogP contribution is -2.28. The number of hydrogen-bond donors (Lipinski definition) is 0. The molecule has 0 N–H and O–H groups in total. The van der Waals surface area contributed by atoms with Gasteiger partial charge in [-0.15, -0.1) is 0 Å². The first kappa shape index (κ1) is 43.7. The van der Waals surface area contributed by atoms with E-state index in [-0.39, 0.29) is 10.8 Å². The fourth-order valence-corrected chi connectivity index (χ4v) is 12.8. The van der Waals surface area contributed by atoms with Crippen LogP contribution in [0.25, 0.3) is 32.7 Å². The summed E-state index contributed by atoms with van der Waals surface area (Å²) >= 11 is 11.4. The highest BCUT2D eigenvalue weighted by atomic mass is 79.9. The molecule has 6 heteroatoms. The van der Waals surface area contributed by atoms with Gasteiger partial charge in [0.15, 0.2) is 11.5 Å². The first-order valence-electron chi connectivity index (χ1n) is 22.7. The molecule has 0 saturated carbocycles. The number of benzene rings is 6. The van der Waals surface area contributed by atoms with E-state index in [1.807, 2.05) is 12.1 Å². The van der Waals surface area contributed by atoms with Crippen molar-refractivity contribution in [2.75, 3.05) is 18.0 Å². The summed E-state index contributed by atoms with van der Waals surface area (Å²) in [6, 6.07) is 39.9. The van der Waals surface area contributed by atoms with Crippen LogP contribution < -0.4 is 9.64 Å². The summed E-state index contributed by atoms with van der Waals surface area (Å²) < 4.78 is 12.6. The molecule has 3 aliphatic rings. The van der Waals surface area contributed by atoms with Gasteiger partial charge in [0.25, 0.3) is 0 Å². The molecule has 1 aliphatic carbocycles. The lowest BCUT2D eigenvalue weighted by atomic mass is 9.79. The highest BCUT2D eigenvalue weighted by Crippen LogP contribution is 2.52. The van der Waals surface area contributed by atoms with Crippen molar-refractivity contribution in [3.05, 3.63) is 181 Å². The van der Waals surface area contributed by atoms with E-state index in [1.54, 1.807) is 0 Å². The first-order chi connectivity index (χ1) is 30.4. The molecule has 2 heterocycles. The summed E-state index contributed by atoms with van der Waals surface area (Å²) in [6.45, 7) is 16.1. The van der Waals surface area contributed by atoms with Crippen LogP contribution in [0.15, 0.2) is 158 Å². The van der Waals surface area contributed by atoms with Crippen LogP contribution in [-0.2, 0) is 10.8 Å². The van der Waals surface area contributed by atoms with Crippen LogP contribution in [0, 0.1) is 0 Å². The van der Waals surface area contributed by atoms with Gasteiger partial charge in [-0.1, -0.05) is 142 Å². The predicted octanol–water partition coefficient (Wildman–Crippen LogP) is 17.2. The molecule has 0 bridgehead atoms. The second-order valence-corrected chi connectivity index (χ2v) is 20.9. The topological polar surface area (TPSA) is 15.5 Å². The van der Waals surface area contributed by atoms with Crippen LogP contribution in [0.4, 0.5) is 11.4 Å². The molecule has 9 rings (SSSR count). The quantitative estimate of drug-likeness (QED) is 0.0846. The molecule has 0 radical (unpaired) electrons. The zero-order chi connectivity index (χ0) is 44.0. The van der Waals surface area contributed by atoms with Crippen molar-refractivity contribution in [1.82, 2.24) is 0 Å². The van der Waals surface area contributed by atoms with Crippen LogP contribution in [-0.4, -0.2) is 23.4 Å². The van der Waals surface area contributed by atoms with Gasteiger partial charge in [0.2, 0.25) is 5.69 Å². The molecule has 6 aromatic rings. The van der Waals surface area contributed by atoms with Gasteiger partial charge in [-0.3, -0.25) is 0 Å². The molecule has 3 nitrogen and oxygen atoms in total. The number of ether oxygens (including phenoxy) is 1. The number of halogens is 3. The molecular weight excluding hydrogens is 968 g/mol. The molecule has 2 aliphatic heterocycles. The van der Waals surface area contributed by atoms with Crippen molar-refractivity contribution < 1.29 is 9.31 Å². The Morgan fingerprint density at radius 3 is 1.95 bits per heavy atom. The fourth-order valence-electron chi connectivity index (χ4n) is 10.4. The summed E-state index contributed by atoms with van der Waals surface area (Å²) in [7, 11) is 0. The predicted molar refractivity (Wildman–Crippen MR) is 279 cm³/mol. The third-order valence-corrected chi connectivity index (χ3v) is 15.1. The third kappa shape index (κ3) is 7.82. The van der Waals surface area contributed by atoms with Crippen molar-refractivity contribution in [1.29, 1.82) is 0 Å². The molecular formula is C57H56Br3N2O+. The second-order valence-electron chi connectivity index (χ2n) is 18.3. The van der Waals surface area contributed by atoms with Crippen molar-refractivity contribution in [2.45, 2.75) is 90.9 Å². The Morgan fingerprint density at radius 1 is 0.635 bits per heavy atom. The summed E-state index contributed by atoms with van der Waals surface area (Å²) in [5.74, 6) is 1.57. The Labute approximate surface area is 399 Å². The number of anilines is 1. The summed E-state index contributed by atoms with van der Waals surface area (Å²) in [5, 5.41) is 5.23. The minimum Gasteiger partial charge on any atom is -0.454 e. The largest absolute Gasteiger partial charge is 0.454 e. The molecule has 320 valence electrons. The molecule has 0 aromatic heterocycles. The van der Waals surface area contributed by atoms with E-state index < -0.39 is 0 Å². The zero-order valence-corrected chi connectivity index (χ0v) is 42.1. The van der Waals surface area contributed by atoms with E-state index >= 15 is 0 Å². The molecule has 6 aromatic carbocycles. The van der Waals surface area contributed by atoms with E-state index in [4.69, 9.17) is 4.74 Å². The third-order valence-electron chi connectivity index (χ3n) is 13.5. The molecule has 0 unspecified atom stereocenters. The van der Waals surface area contributed by atoms with E-state index in [0.29, 0.717) is 0 Å². The SMILES string of the molecule is CCCCCN1/C(=C/C=C2C(Oc3c(Br)cc(Br)cc3Br)=C(/C=C/C3=[N+](CCCCC)c4ccc5ccccc5c4C3(C)C)c3ccccc3/2)C(C)(C)c2c1ccc1ccccc21. The average Bonchev–Trinajstić information content (AvgIpc) is 3.77. The average molecular weight is 1020 g/mol. The van der Waals surface area contributed by atoms with Crippen LogP contribution in [0.3, 0.4) is 0 Å². The fraction of sp³-hybridized carbons (Fsp3) is 0.281. The van der Waals surface area contributed by atoms with Gasteiger partial charge < -0.3 is 9.64 Å². The van der Waals surface area contributed by atoms with E-state index in [2.05, 4.69) is 220 Å². The monoisotopic (exact) mass is 1020 g/mol. The Hall–Kier alpha value is -4.49. The van der Waals surface area contributed by atoms with Gasteiger partial charge in [-0.05, 0) is 139 Å². The maximum absolute atomic E-state index is 7.27. The number of allylic oxidation sites excluding steroid dienone is 7.